The van der Waals surface area contributed by atoms with Crippen molar-refractivity contribution in [1.29, 1.82) is 0 Å². The van der Waals surface area contributed by atoms with Gasteiger partial charge in [-0.15, -0.1) is 0 Å². The first-order valence-electron chi connectivity index (χ1n) is 5.00. The molecule has 4 N–H and O–H groups in total. The maximum absolute atomic E-state index is 11.6. The Morgan fingerprint density at radius 2 is 1.67 bits per heavy atom. The van der Waals surface area contributed by atoms with Crippen LogP contribution in [-0.4, -0.2) is 17.6 Å². The second kappa shape index (κ2) is 3.40. The Kier molecular flexibility index (Phi) is 2.67. The molecule has 1 unspecified atom stereocenters. The van der Waals surface area contributed by atoms with Gasteiger partial charge in [0.25, 0.3) is 5.91 Å². The first-order chi connectivity index (χ1) is 6.72. The van der Waals surface area contributed by atoms with Crippen LogP contribution in [0.4, 0.5) is 4.79 Å². The van der Waals surface area contributed by atoms with Crippen molar-refractivity contribution in [3.05, 3.63) is 0 Å². The highest BCUT2D eigenvalue weighted by molar-refractivity contribution is 5.87. The summed E-state index contributed by atoms with van der Waals surface area (Å²) in [5.41, 5.74) is 8.57. The first kappa shape index (κ1) is 11.8. The molecule has 0 aromatic heterocycles. The van der Waals surface area contributed by atoms with Gasteiger partial charge >= 0.3 is 6.09 Å². The van der Waals surface area contributed by atoms with Crippen LogP contribution in [-0.2, 0) is 9.53 Å². The van der Waals surface area contributed by atoms with Crippen LogP contribution >= 0.6 is 0 Å². The van der Waals surface area contributed by atoms with E-state index >= 15 is 0 Å². The molecule has 0 radical (unpaired) electrons. The molecular formula is C10H18N2O3. The Bertz CT molecular complexity index is 292. The number of hydrogen-bond donors (Lipinski definition) is 2. The molecule has 0 bridgehead atoms. The maximum atomic E-state index is 11.6. The van der Waals surface area contributed by atoms with Gasteiger partial charge in [0.1, 0.15) is 0 Å². The Morgan fingerprint density at radius 1 is 1.20 bits per heavy atom. The third-order valence-electron chi connectivity index (χ3n) is 2.89. The van der Waals surface area contributed by atoms with E-state index in [9.17, 15) is 9.59 Å². The van der Waals surface area contributed by atoms with Crippen LogP contribution in [0.3, 0.4) is 0 Å². The van der Waals surface area contributed by atoms with E-state index in [4.69, 9.17) is 16.2 Å². The predicted molar refractivity (Wildman–Crippen MR) is 54.8 cm³/mol. The number of rotatable bonds is 3. The maximum Gasteiger partial charge on any atom is 0.405 e. The molecule has 0 heterocycles. The van der Waals surface area contributed by atoms with Crippen LogP contribution in [0.25, 0.3) is 0 Å². The van der Waals surface area contributed by atoms with Gasteiger partial charge in [0.2, 0.25) is 0 Å². The summed E-state index contributed by atoms with van der Waals surface area (Å²) in [6, 6.07) is 0. The van der Waals surface area contributed by atoms with E-state index in [0.717, 1.165) is 12.8 Å². The van der Waals surface area contributed by atoms with Crippen molar-refractivity contribution in [3.8, 4) is 0 Å². The number of carbonyl (C=O) groups excluding carboxylic acids is 2. The van der Waals surface area contributed by atoms with Crippen molar-refractivity contribution < 1.29 is 14.3 Å². The highest BCUT2D eigenvalue weighted by Crippen LogP contribution is 2.50. The predicted octanol–water partition coefficient (Wildman–Crippen LogP) is 0.762. The van der Waals surface area contributed by atoms with Gasteiger partial charge in [-0.2, -0.15) is 0 Å². The lowest BCUT2D eigenvalue weighted by molar-refractivity contribution is -0.152. The molecule has 1 saturated carbocycles. The van der Waals surface area contributed by atoms with Gasteiger partial charge in [-0.05, 0) is 12.8 Å². The minimum atomic E-state index is -1.27. The zero-order chi connectivity index (χ0) is 11.9. The Hall–Kier alpha value is -1.26. The molecule has 0 aromatic rings. The molecule has 86 valence electrons. The number of amides is 2. The summed E-state index contributed by atoms with van der Waals surface area (Å²) >= 11 is 0. The second-order valence-corrected chi connectivity index (χ2v) is 5.05. The number of ether oxygens (including phenoxy) is 1. The topological polar surface area (TPSA) is 95.4 Å². The van der Waals surface area contributed by atoms with Crippen LogP contribution in [0.2, 0.25) is 0 Å². The minimum Gasteiger partial charge on any atom is -0.432 e. The van der Waals surface area contributed by atoms with Gasteiger partial charge in [0.15, 0.2) is 5.60 Å². The van der Waals surface area contributed by atoms with Crippen molar-refractivity contribution in [2.45, 2.75) is 39.2 Å². The summed E-state index contributed by atoms with van der Waals surface area (Å²) in [7, 11) is 0. The van der Waals surface area contributed by atoms with Crippen LogP contribution in [0, 0.1) is 11.3 Å². The van der Waals surface area contributed by atoms with Crippen molar-refractivity contribution in [2.75, 3.05) is 0 Å². The molecule has 1 fully saturated rings. The molecule has 0 saturated heterocycles. The summed E-state index contributed by atoms with van der Waals surface area (Å²) in [4.78, 5) is 22.5. The highest BCUT2D eigenvalue weighted by atomic mass is 16.6. The van der Waals surface area contributed by atoms with Gasteiger partial charge in [-0.25, -0.2) is 4.79 Å². The monoisotopic (exact) mass is 214 g/mol. The first-order valence-corrected chi connectivity index (χ1v) is 5.00. The third kappa shape index (κ3) is 1.91. The number of primary amides is 2. The average molecular weight is 214 g/mol. The lowest BCUT2D eigenvalue weighted by Gasteiger charge is -2.41. The lowest BCUT2D eigenvalue weighted by Crippen LogP contribution is -2.59. The molecule has 0 aromatic carbocycles. The van der Waals surface area contributed by atoms with Gasteiger partial charge in [0.05, 0.1) is 0 Å². The molecular weight excluding hydrogens is 196 g/mol. The van der Waals surface area contributed by atoms with Crippen molar-refractivity contribution in [1.82, 2.24) is 0 Å². The molecule has 15 heavy (non-hydrogen) atoms. The summed E-state index contributed by atoms with van der Waals surface area (Å²) in [5, 5.41) is 0. The zero-order valence-electron chi connectivity index (χ0n) is 9.37. The number of nitrogens with two attached hydrogens (primary N) is 2. The smallest absolute Gasteiger partial charge is 0.405 e. The van der Waals surface area contributed by atoms with E-state index in [-0.39, 0.29) is 5.92 Å². The molecule has 1 aliphatic carbocycles. The third-order valence-corrected chi connectivity index (χ3v) is 2.89. The zero-order valence-corrected chi connectivity index (χ0v) is 9.37. The van der Waals surface area contributed by atoms with E-state index < -0.39 is 23.0 Å². The van der Waals surface area contributed by atoms with Crippen LogP contribution in [0.5, 0.6) is 0 Å². The summed E-state index contributed by atoms with van der Waals surface area (Å²) in [6.07, 6.45) is 0.733. The van der Waals surface area contributed by atoms with E-state index in [1.54, 1.807) is 0 Å². The average Bonchev–Trinajstić information content (AvgIpc) is 2.78. The molecule has 2 amide bonds. The largest absolute Gasteiger partial charge is 0.432 e. The van der Waals surface area contributed by atoms with Crippen molar-refractivity contribution >= 4 is 12.0 Å². The molecule has 5 heteroatoms. The normalized spacial score (nSPS) is 20.5. The minimum absolute atomic E-state index is 0.00231. The molecule has 0 spiro atoms. The highest BCUT2D eigenvalue weighted by Gasteiger charge is 2.60. The van der Waals surface area contributed by atoms with Crippen molar-refractivity contribution in [2.24, 2.45) is 22.8 Å². The molecule has 1 atom stereocenters. The van der Waals surface area contributed by atoms with Crippen LogP contribution in [0.15, 0.2) is 0 Å². The Labute approximate surface area is 89.1 Å². The quantitative estimate of drug-likeness (QED) is 0.726. The van der Waals surface area contributed by atoms with Crippen molar-refractivity contribution in [3.63, 3.8) is 0 Å². The number of hydrogen-bond acceptors (Lipinski definition) is 3. The summed E-state index contributed by atoms with van der Waals surface area (Å²) in [6.45, 7) is 5.46. The fourth-order valence-corrected chi connectivity index (χ4v) is 2.12. The van der Waals surface area contributed by atoms with Gasteiger partial charge in [0, 0.05) is 11.3 Å². The number of carbonyl (C=O) groups is 2. The molecule has 1 aliphatic rings. The van der Waals surface area contributed by atoms with Crippen LogP contribution < -0.4 is 11.5 Å². The van der Waals surface area contributed by atoms with E-state index in [1.807, 2.05) is 20.8 Å². The summed E-state index contributed by atoms with van der Waals surface area (Å²) < 4.78 is 5.05. The molecule has 1 rings (SSSR count). The Balaban J connectivity index is 3.11. The second-order valence-electron chi connectivity index (χ2n) is 5.05. The van der Waals surface area contributed by atoms with E-state index in [1.165, 1.54) is 0 Å². The molecule has 0 aliphatic heterocycles. The Morgan fingerprint density at radius 3 is 1.87 bits per heavy atom. The van der Waals surface area contributed by atoms with Gasteiger partial charge in [-0.1, -0.05) is 20.8 Å². The fourth-order valence-electron chi connectivity index (χ4n) is 2.12. The SMILES string of the molecule is CC(C)(C)C(OC(N)=O)(C(N)=O)C1CC1. The van der Waals surface area contributed by atoms with Crippen LogP contribution in [0.1, 0.15) is 33.6 Å². The lowest BCUT2D eigenvalue weighted by atomic mass is 9.72. The van der Waals surface area contributed by atoms with E-state index in [2.05, 4.69) is 0 Å². The summed E-state index contributed by atoms with van der Waals surface area (Å²) in [5.74, 6) is -0.612. The van der Waals surface area contributed by atoms with Gasteiger partial charge < -0.3 is 16.2 Å². The fraction of sp³-hybridized carbons (Fsp3) is 0.800. The van der Waals surface area contributed by atoms with Gasteiger partial charge in [-0.3, -0.25) is 4.79 Å². The standard InChI is InChI=1S/C10H18N2O3/c1-9(2,3)10(7(11)13,6-4-5-6)15-8(12)14/h6H,4-5H2,1-3H3,(H2,11,13)(H2,12,14). The molecule has 5 nitrogen and oxygen atoms in total. The van der Waals surface area contributed by atoms with E-state index in [0.29, 0.717) is 0 Å².